The fourth-order valence-corrected chi connectivity index (χ4v) is 1.99. The molecule has 3 nitrogen and oxygen atoms in total. The highest BCUT2D eigenvalue weighted by Crippen LogP contribution is 2.08. The average molecular weight is 259 g/mol. The lowest BCUT2D eigenvalue weighted by molar-refractivity contribution is 0.478. The molecule has 0 bridgehead atoms. The van der Waals surface area contributed by atoms with Crippen LogP contribution in [-0.2, 0) is 10.1 Å². The van der Waals surface area contributed by atoms with Crippen molar-refractivity contribution in [3.05, 3.63) is 0 Å². The Morgan fingerprint density at radius 1 is 0.867 bits per heavy atom. The third-order valence-electron chi connectivity index (χ3n) is 2.26. The highest BCUT2D eigenvalue weighted by atomic mass is 35.5. The van der Waals surface area contributed by atoms with Gasteiger partial charge in [0.2, 0.25) is 0 Å². The first kappa shape index (κ1) is 17.6. The molecule has 0 aromatic heterocycles. The molecule has 0 aromatic carbocycles. The molecule has 0 heterocycles. The lowest BCUT2D eigenvalue weighted by atomic mass is 10.1. The number of unbranched alkanes of at least 4 members (excludes halogenated alkanes) is 7. The fraction of sp³-hybridized carbons (Fsp3) is 1.00. The van der Waals surface area contributed by atoms with Crippen LogP contribution in [0.5, 0.6) is 0 Å². The minimum Gasteiger partial charge on any atom is -0.286 e. The van der Waals surface area contributed by atoms with E-state index in [1.165, 1.54) is 32.1 Å². The second-order valence-corrected chi connectivity index (χ2v) is 5.33. The van der Waals surface area contributed by atoms with Gasteiger partial charge in [0.25, 0.3) is 10.1 Å². The van der Waals surface area contributed by atoms with Gasteiger partial charge in [-0.2, -0.15) is 8.42 Å². The smallest absolute Gasteiger partial charge is 0.264 e. The monoisotopic (exact) mass is 258 g/mol. The van der Waals surface area contributed by atoms with Crippen LogP contribution >= 0.6 is 12.4 Å². The second-order valence-electron chi connectivity index (χ2n) is 3.76. The maximum atomic E-state index is 10.4. The molecule has 0 aliphatic carbocycles. The molecule has 0 atom stereocenters. The Bertz CT molecular complexity index is 215. The van der Waals surface area contributed by atoms with E-state index in [1.807, 2.05) is 0 Å². The van der Waals surface area contributed by atoms with Gasteiger partial charge in [-0.1, -0.05) is 51.9 Å². The number of hydrogen-bond donors (Lipinski definition) is 1. The molecule has 0 aliphatic rings. The Hall–Kier alpha value is 0.200. The van der Waals surface area contributed by atoms with Crippen LogP contribution in [0.2, 0.25) is 0 Å². The van der Waals surface area contributed by atoms with Crippen molar-refractivity contribution in [2.24, 2.45) is 0 Å². The highest BCUT2D eigenvalue weighted by molar-refractivity contribution is 7.85. The molecule has 0 radical (unpaired) electrons. The van der Waals surface area contributed by atoms with E-state index in [2.05, 4.69) is 6.92 Å². The van der Waals surface area contributed by atoms with Crippen LogP contribution in [0.4, 0.5) is 0 Å². The third kappa shape index (κ3) is 16.8. The average Bonchev–Trinajstić information content (AvgIpc) is 2.08. The first-order chi connectivity index (χ1) is 6.56. The zero-order valence-corrected chi connectivity index (χ0v) is 11.1. The number of halogens is 1. The number of rotatable bonds is 9. The van der Waals surface area contributed by atoms with E-state index >= 15 is 0 Å². The van der Waals surface area contributed by atoms with Crippen LogP contribution in [-0.4, -0.2) is 18.7 Å². The van der Waals surface area contributed by atoms with Gasteiger partial charge >= 0.3 is 0 Å². The molecule has 0 amide bonds. The summed E-state index contributed by atoms with van der Waals surface area (Å²) in [5.41, 5.74) is 0. The molecule has 0 spiro atoms. The summed E-state index contributed by atoms with van der Waals surface area (Å²) in [6, 6.07) is 0. The highest BCUT2D eigenvalue weighted by Gasteiger charge is 2.02. The van der Waals surface area contributed by atoms with Gasteiger partial charge in [0.15, 0.2) is 0 Å². The van der Waals surface area contributed by atoms with Gasteiger partial charge in [0, 0.05) is 0 Å². The Balaban J connectivity index is 0. The quantitative estimate of drug-likeness (QED) is 0.509. The number of hydrogen-bond acceptors (Lipinski definition) is 2. The van der Waals surface area contributed by atoms with Crippen LogP contribution in [0.15, 0.2) is 0 Å². The summed E-state index contributed by atoms with van der Waals surface area (Å²) in [6.07, 6.45) is 8.85. The molecular weight excluding hydrogens is 236 g/mol. The Labute approximate surface area is 99.8 Å². The minimum atomic E-state index is -3.73. The molecular formula is C10H23ClO3S. The second kappa shape index (κ2) is 10.7. The summed E-state index contributed by atoms with van der Waals surface area (Å²) in [4.78, 5) is 0. The first-order valence-electron chi connectivity index (χ1n) is 5.51. The van der Waals surface area contributed by atoms with Gasteiger partial charge in [-0.05, 0) is 6.42 Å². The summed E-state index contributed by atoms with van der Waals surface area (Å²) in [6.45, 7) is 2.19. The van der Waals surface area contributed by atoms with Crippen molar-refractivity contribution in [2.45, 2.75) is 58.3 Å². The summed E-state index contributed by atoms with van der Waals surface area (Å²) in [5, 5.41) is 0. The molecule has 0 aliphatic heterocycles. The van der Waals surface area contributed by atoms with Crippen LogP contribution in [0, 0.1) is 0 Å². The van der Waals surface area contributed by atoms with Crippen molar-refractivity contribution in [1.29, 1.82) is 0 Å². The molecule has 0 saturated carbocycles. The Kier molecular flexibility index (Phi) is 12.6. The van der Waals surface area contributed by atoms with Gasteiger partial charge < -0.3 is 0 Å². The first-order valence-corrected chi connectivity index (χ1v) is 7.12. The summed E-state index contributed by atoms with van der Waals surface area (Å²) in [7, 11) is -3.73. The maximum absolute atomic E-state index is 10.4. The van der Waals surface area contributed by atoms with Crippen LogP contribution in [0.25, 0.3) is 0 Å². The normalized spacial score (nSPS) is 11.1. The van der Waals surface area contributed by atoms with E-state index in [0.29, 0.717) is 6.42 Å². The van der Waals surface area contributed by atoms with Gasteiger partial charge in [-0.25, -0.2) is 0 Å². The molecule has 0 rings (SSSR count). The van der Waals surface area contributed by atoms with E-state index in [-0.39, 0.29) is 18.2 Å². The van der Waals surface area contributed by atoms with Crippen LogP contribution < -0.4 is 0 Å². The summed E-state index contributed by atoms with van der Waals surface area (Å²) < 4.78 is 29.2. The van der Waals surface area contributed by atoms with Crippen molar-refractivity contribution in [3.8, 4) is 0 Å². The van der Waals surface area contributed by atoms with E-state index in [0.717, 1.165) is 12.8 Å². The zero-order chi connectivity index (χ0) is 10.9. The largest absolute Gasteiger partial charge is 0.286 e. The van der Waals surface area contributed by atoms with Crippen molar-refractivity contribution in [2.75, 3.05) is 5.75 Å². The van der Waals surface area contributed by atoms with E-state index in [9.17, 15) is 8.42 Å². The van der Waals surface area contributed by atoms with Gasteiger partial charge in [-0.15, -0.1) is 12.4 Å². The van der Waals surface area contributed by atoms with Gasteiger partial charge in [0.05, 0.1) is 5.75 Å². The molecule has 15 heavy (non-hydrogen) atoms. The zero-order valence-electron chi connectivity index (χ0n) is 9.44. The fourth-order valence-electron chi connectivity index (χ4n) is 1.42. The van der Waals surface area contributed by atoms with E-state index in [4.69, 9.17) is 4.55 Å². The lowest BCUT2D eigenvalue weighted by Crippen LogP contribution is -2.03. The Morgan fingerprint density at radius 2 is 1.27 bits per heavy atom. The van der Waals surface area contributed by atoms with Gasteiger partial charge in [-0.3, -0.25) is 4.55 Å². The lowest BCUT2D eigenvalue weighted by Gasteiger charge is -2.00. The Morgan fingerprint density at radius 3 is 1.67 bits per heavy atom. The van der Waals surface area contributed by atoms with Crippen LogP contribution in [0.3, 0.4) is 0 Å². The van der Waals surface area contributed by atoms with E-state index in [1.54, 1.807) is 0 Å². The molecule has 0 unspecified atom stereocenters. The topological polar surface area (TPSA) is 54.4 Å². The molecule has 0 fully saturated rings. The van der Waals surface area contributed by atoms with Crippen molar-refractivity contribution in [3.63, 3.8) is 0 Å². The van der Waals surface area contributed by atoms with Crippen molar-refractivity contribution in [1.82, 2.24) is 0 Å². The third-order valence-corrected chi connectivity index (χ3v) is 3.06. The van der Waals surface area contributed by atoms with E-state index < -0.39 is 10.1 Å². The van der Waals surface area contributed by atoms with Crippen molar-refractivity contribution < 1.29 is 13.0 Å². The summed E-state index contributed by atoms with van der Waals surface area (Å²) >= 11 is 0. The minimum absolute atomic E-state index is 0. The molecule has 0 aromatic rings. The molecule has 94 valence electrons. The summed E-state index contributed by atoms with van der Waals surface area (Å²) in [5.74, 6) is -0.0814. The standard InChI is InChI=1S/C10H22O3S.ClH/c1-2-3-4-5-6-7-8-9-10-14(11,12)13;/h2-10H2,1H3,(H,11,12,13);1H. The predicted octanol–water partition coefficient (Wildman–Crippen LogP) is 3.44. The SMILES string of the molecule is CCCCCCCCCCS(=O)(=O)O.Cl. The predicted molar refractivity (Wildman–Crippen MR) is 66.3 cm³/mol. The molecule has 1 N–H and O–H groups in total. The van der Waals surface area contributed by atoms with Crippen LogP contribution in [0.1, 0.15) is 58.3 Å². The van der Waals surface area contributed by atoms with Crippen molar-refractivity contribution >= 4 is 22.5 Å². The maximum Gasteiger partial charge on any atom is 0.264 e. The molecule has 5 heteroatoms. The molecule has 0 saturated heterocycles. The van der Waals surface area contributed by atoms with Gasteiger partial charge in [0.1, 0.15) is 0 Å².